The first-order valence-electron chi connectivity index (χ1n) is 10.7. The van der Waals surface area contributed by atoms with Crippen LogP contribution in [0.4, 0.5) is 0 Å². The van der Waals surface area contributed by atoms with Gasteiger partial charge >= 0.3 is 0 Å². The van der Waals surface area contributed by atoms with Crippen LogP contribution in [0.1, 0.15) is 24.3 Å². The Labute approximate surface area is 196 Å². The summed E-state index contributed by atoms with van der Waals surface area (Å²) in [5, 5.41) is 4.11. The molecule has 0 bridgehead atoms. The highest BCUT2D eigenvalue weighted by molar-refractivity contribution is 9.10. The normalized spacial score (nSPS) is 15.0. The molecule has 2 aromatic carbocycles. The van der Waals surface area contributed by atoms with Crippen molar-refractivity contribution in [1.29, 1.82) is 0 Å². The minimum absolute atomic E-state index is 0.0504. The van der Waals surface area contributed by atoms with E-state index in [9.17, 15) is 4.79 Å². The second-order valence-electron chi connectivity index (χ2n) is 8.11. The van der Waals surface area contributed by atoms with Crippen molar-refractivity contribution in [3.05, 3.63) is 64.5 Å². The van der Waals surface area contributed by atoms with Gasteiger partial charge in [0.25, 0.3) is 0 Å². The van der Waals surface area contributed by atoms with Gasteiger partial charge in [-0.15, -0.1) is 0 Å². The number of carbonyl (C=O) groups is 1. The van der Waals surface area contributed by atoms with Crippen LogP contribution in [0.3, 0.4) is 0 Å². The van der Waals surface area contributed by atoms with Crippen LogP contribution in [-0.4, -0.2) is 53.1 Å². The van der Waals surface area contributed by atoms with Gasteiger partial charge in [0.1, 0.15) is 5.75 Å². The van der Waals surface area contributed by atoms with E-state index in [1.54, 1.807) is 7.11 Å². The van der Waals surface area contributed by atoms with Gasteiger partial charge in [0.2, 0.25) is 17.6 Å². The van der Waals surface area contributed by atoms with E-state index in [-0.39, 0.29) is 11.8 Å². The Balaban J connectivity index is 1.27. The van der Waals surface area contributed by atoms with Crippen LogP contribution in [-0.2, 0) is 17.9 Å². The summed E-state index contributed by atoms with van der Waals surface area (Å²) in [6.07, 6.45) is 1.66. The monoisotopic (exact) mass is 498 g/mol. The molecule has 0 saturated carbocycles. The molecule has 0 atom stereocenters. The zero-order valence-corrected chi connectivity index (χ0v) is 19.9. The average molecular weight is 499 g/mol. The highest BCUT2D eigenvalue weighted by Gasteiger charge is 2.28. The number of aromatic nitrogens is 2. The van der Waals surface area contributed by atoms with E-state index in [2.05, 4.69) is 31.0 Å². The van der Waals surface area contributed by atoms with E-state index in [0.717, 1.165) is 47.3 Å². The largest absolute Gasteiger partial charge is 0.497 e. The van der Waals surface area contributed by atoms with Crippen LogP contribution in [0.2, 0.25) is 0 Å². The summed E-state index contributed by atoms with van der Waals surface area (Å²) >= 11 is 3.47. The summed E-state index contributed by atoms with van der Waals surface area (Å²) in [6.45, 7) is 2.87. The van der Waals surface area contributed by atoms with Crippen LogP contribution in [0.15, 0.2) is 57.5 Å². The predicted molar refractivity (Wildman–Crippen MR) is 125 cm³/mol. The van der Waals surface area contributed by atoms with Crippen molar-refractivity contribution in [2.24, 2.45) is 5.92 Å². The molecule has 1 aliphatic heterocycles. The number of halogens is 1. The maximum Gasteiger partial charge on any atom is 0.241 e. The van der Waals surface area contributed by atoms with E-state index in [0.29, 0.717) is 24.8 Å². The van der Waals surface area contributed by atoms with Gasteiger partial charge < -0.3 is 14.2 Å². The second kappa shape index (κ2) is 10.3. The van der Waals surface area contributed by atoms with Crippen molar-refractivity contribution in [1.82, 2.24) is 19.9 Å². The van der Waals surface area contributed by atoms with Crippen LogP contribution in [0.25, 0.3) is 11.4 Å². The van der Waals surface area contributed by atoms with E-state index < -0.39 is 0 Å². The Bertz CT molecular complexity index is 1050. The number of nitrogens with zero attached hydrogens (tertiary/aromatic N) is 4. The van der Waals surface area contributed by atoms with Crippen LogP contribution >= 0.6 is 15.9 Å². The van der Waals surface area contributed by atoms with Crippen molar-refractivity contribution in [3.8, 4) is 17.1 Å². The second-order valence-corrected chi connectivity index (χ2v) is 9.03. The molecular formula is C24H27BrN4O3. The van der Waals surface area contributed by atoms with E-state index in [1.807, 2.05) is 60.5 Å². The van der Waals surface area contributed by atoms with Gasteiger partial charge in [-0.2, -0.15) is 4.98 Å². The summed E-state index contributed by atoms with van der Waals surface area (Å²) in [4.78, 5) is 21.5. The number of benzene rings is 2. The molecular weight excluding hydrogens is 472 g/mol. The highest BCUT2D eigenvalue weighted by atomic mass is 79.9. The third kappa shape index (κ3) is 5.55. The van der Waals surface area contributed by atoms with Crippen LogP contribution < -0.4 is 4.74 Å². The molecule has 1 amide bonds. The molecule has 3 aromatic rings. The molecule has 7 nitrogen and oxygen atoms in total. The molecule has 8 heteroatoms. The number of hydrogen-bond acceptors (Lipinski definition) is 6. The highest BCUT2D eigenvalue weighted by Crippen LogP contribution is 2.24. The van der Waals surface area contributed by atoms with Gasteiger partial charge in [-0.05, 0) is 55.8 Å². The maximum atomic E-state index is 12.9. The van der Waals surface area contributed by atoms with Crippen molar-refractivity contribution in [2.75, 3.05) is 27.2 Å². The third-order valence-corrected chi connectivity index (χ3v) is 6.29. The number of amides is 1. The number of likely N-dealkylation sites (tertiary alicyclic amines) is 1. The fourth-order valence-corrected chi connectivity index (χ4v) is 4.39. The molecule has 0 unspecified atom stereocenters. The smallest absolute Gasteiger partial charge is 0.241 e. The van der Waals surface area contributed by atoms with Crippen LogP contribution in [0.5, 0.6) is 5.75 Å². The Morgan fingerprint density at radius 2 is 1.97 bits per heavy atom. The molecule has 1 fully saturated rings. The van der Waals surface area contributed by atoms with E-state index in [1.165, 1.54) is 0 Å². The van der Waals surface area contributed by atoms with Crippen molar-refractivity contribution >= 4 is 21.8 Å². The van der Waals surface area contributed by atoms with Gasteiger partial charge in [-0.1, -0.05) is 45.4 Å². The fourth-order valence-electron chi connectivity index (χ4n) is 3.99. The lowest BCUT2D eigenvalue weighted by atomic mass is 9.95. The first-order chi connectivity index (χ1) is 15.5. The standard InChI is InChI=1S/C24H27BrN4O3/c1-28(15-17-6-8-21(31-2)9-7-17)24(30)18-10-12-29(13-11-18)16-22-26-23(27-32-22)19-4-3-5-20(25)14-19/h3-9,14,18H,10-13,15-16H2,1-2H3. The first-order valence-corrected chi connectivity index (χ1v) is 11.5. The molecule has 2 heterocycles. The summed E-state index contributed by atoms with van der Waals surface area (Å²) in [5.74, 6) is 2.26. The van der Waals surface area contributed by atoms with Gasteiger partial charge in [-0.3, -0.25) is 9.69 Å². The van der Waals surface area contributed by atoms with E-state index >= 15 is 0 Å². The molecule has 1 aromatic heterocycles. The lowest BCUT2D eigenvalue weighted by molar-refractivity contribution is -0.136. The lowest BCUT2D eigenvalue weighted by Crippen LogP contribution is -2.40. The molecule has 32 heavy (non-hydrogen) atoms. The number of piperidine rings is 1. The van der Waals surface area contributed by atoms with Crippen LogP contribution in [0, 0.1) is 5.92 Å². The average Bonchev–Trinajstić information content (AvgIpc) is 3.28. The molecule has 0 aliphatic carbocycles. The Kier molecular flexibility index (Phi) is 7.22. The number of ether oxygens (including phenoxy) is 1. The molecule has 0 N–H and O–H groups in total. The minimum atomic E-state index is 0.0504. The summed E-state index contributed by atoms with van der Waals surface area (Å²) in [6, 6.07) is 15.7. The zero-order valence-electron chi connectivity index (χ0n) is 18.3. The third-order valence-electron chi connectivity index (χ3n) is 5.80. The predicted octanol–water partition coefficient (Wildman–Crippen LogP) is 4.38. The fraction of sp³-hybridized carbons (Fsp3) is 0.375. The number of carbonyl (C=O) groups excluding carboxylic acids is 1. The Morgan fingerprint density at radius 3 is 2.66 bits per heavy atom. The van der Waals surface area contributed by atoms with Gasteiger partial charge in [0.05, 0.1) is 13.7 Å². The Morgan fingerprint density at radius 1 is 1.22 bits per heavy atom. The van der Waals surface area contributed by atoms with E-state index in [4.69, 9.17) is 9.26 Å². The molecule has 1 aliphatic rings. The van der Waals surface area contributed by atoms with Crippen molar-refractivity contribution in [3.63, 3.8) is 0 Å². The Hall–Kier alpha value is -2.71. The topological polar surface area (TPSA) is 71.7 Å². The molecule has 1 saturated heterocycles. The summed E-state index contributed by atoms with van der Waals surface area (Å²) < 4.78 is 11.6. The molecule has 4 rings (SSSR count). The van der Waals surface area contributed by atoms with Gasteiger partial charge in [-0.25, -0.2) is 0 Å². The number of rotatable bonds is 7. The summed E-state index contributed by atoms with van der Waals surface area (Å²) in [5.41, 5.74) is 2.01. The van der Waals surface area contributed by atoms with Crippen molar-refractivity contribution < 1.29 is 14.1 Å². The van der Waals surface area contributed by atoms with Gasteiger partial charge in [0, 0.05) is 29.5 Å². The minimum Gasteiger partial charge on any atom is -0.497 e. The molecule has 168 valence electrons. The summed E-state index contributed by atoms with van der Waals surface area (Å²) in [7, 11) is 3.53. The SMILES string of the molecule is COc1ccc(CN(C)C(=O)C2CCN(Cc3nc(-c4cccc(Br)c4)no3)CC2)cc1. The molecule has 0 spiro atoms. The number of methoxy groups -OCH3 is 1. The quantitative estimate of drug-likeness (QED) is 0.481. The first kappa shape index (κ1) is 22.5. The number of hydrogen-bond donors (Lipinski definition) is 0. The van der Waals surface area contributed by atoms with Crippen molar-refractivity contribution in [2.45, 2.75) is 25.9 Å². The van der Waals surface area contributed by atoms with Gasteiger partial charge in [0.15, 0.2) is 0 Å². The zero-order chi connectivity index (χ0) is 22.5. The lowest BCUT2D eigenvalue weighted by Gasteiger charge is -2.32. The molecule has 0 radical (unpaired) electrons. The maximum absolute atomic E-state index is 12.9.